The largest absolute Gasteiger partial charge is 0.311 e. The zero-order valence-corrected chi connectivity index (χ0v) is 11.2. The Labute approximate surface area is 101 Å². The van der Waals surface area contributed by atoms with Gasteiger partial charge in [-0.3, -0.25) is 0 Å². The average Bonchev–Trinajstić information content (AvgIpc) is 3.11. The zero-order valence-electron chi connectivity index (χ0n) is 11.2. The van der Waals surface area contributed by atoms with Crippen LogP contribution in [0.4, 0.5) is 0 Å². The molecule has 0 bridgehead atoms. The van der Waals surface area contributed by atoms with Gasteiger partial charge in [0.15, 0.2) is 0 Å². The second-order valence-corrected chi connectivity index (χ2v) is 6.16. The SMILES string of the molecule is CCC(NC(C)CC1CC1)C1CCCCC1. The first-order valence-electron chi connectivity index (χ1n) is 7.55. The molecule has 0 amide bonds. The lowest BCUT2D eigenvalue weighted by molar-refractivity contribution is 0.244. The topological polar surface area (TPSA) is 12.0 Å². The van der Waals surface area contributed by atoms with Crippen molar-refractivity contribution in [1.82, 2.24) is 5.32 Å². The molecule has 0 aromatic rings. The molecule has 16 heavy (non-hydrogen) atoms. The van der Waals surface area contributed by atoms with Crippen molar-refractivity contribution in [2.24, 2.45) is 11.8 Å². The summed E-state index contributed by atoms with van der Waals surface area (Å²) in [5, 5.41) is 3.91. The third-order valence-electron chi connectivity index (χ3n) is 4.54. The summed E-state index contributed by atoms with van der Waals surface area (Å²) in [6, 6.07) is 1.55. The summed E-state index contributed by atoms with van der Waals surface area (Å²) < 4.78 is 0. The van der Waals surface area contributed by atoms with Crippen LogP contribution < -0.4 is 5.32 Å². The minimum Gasteiger partial charge on any atom is -0.311 e. The Kier molecular flexibility index (Phi) is 4.69. The quantitative estimate of drug-likeness (QED) is 0.714. The van der Waals surface area contributed by atoms with Crippen LogP contribution in [-0.2, 0) is 0 Å². The molecule has 0 aliphatic heterocycles. The van der Waals surface area contributed by atoms with Crippen LogP contribution in [0.2, 0.25) is 0 Å². The van der Waals surface area contributed by atoms with Crippen LogP contribution in [0.1, 0.15) is 71.6 Å². The second-order valence-electron chi connectivity index (χ2n) is 6.16. The summed E-state index contributed by atoms with van der Waals surface area (Å²) in [7, 11) is 0. The molecule has 0 aromatic carbocycles. The Morgan fingerprint density at radius 3 is 2.31 bits per heavy atom. The highest BCUT2D eigenvalue weighted by Gasteiger charge is 2.27. The van der Waals surface area contributed by atoms with Crippen molar-refractivity contribution < 1.29 is 0 Å². The molecule has 0 spiro atoms. The molecule has 0 radical (unpaired) electrons. The number of hydrogen-bond donors (Lipinski definition) is 1. The van der Waals surface area contributed by atoms with Gasteiger partial charge in [-0.05, 0) is 44.4 Å². The summed E-state index contributed by atoms with van der Waals surface area (Å²) in [4.78, 5) is 0. The molecular weight excluding hydrogens is 194 g/mol. The smallest absolute Gasteiger partial charge is 0.00951 e. The lowest BCUT2D eigenvalue weighted by Gasteiger charge is -2.32. The van der Waals surface area contributed by atoms with E-state index in [1.54, 1.807) is 0 Å². The molecule has 2 atom stereocenters. The van der Waals surface area contributed by atoms with Gasteiger partial charge in [0.1, 0.15) is 0 Å². The Morgan fingerprint density at radius 1 is 1.06 bits per heavy atom. The van der Waals surface area contributed by atoms with Crippen LogP contribution in [0.25, 0.3) is 0 Å². The van der Waals surface area contributed by atoms with E-state index in [2.05, 4.69) is 19.2 Å². The van der Waals surface area contributed by atoms with Crippen LogP contribution in [0.15, 0.2) is 0 Å². The highest BCUT2D eigenvalue weighted by atomic mass is 15.0. The van der Waals surface area contributed by atoms with Crippen molar-refractivity contribution in [3.63, 3.8) is 0 Å². The first-order chi connectivity index (χ1) is 7.79. The third-order valence-corrected chi connectivity index (χ3v) is 4.54. The fourth-order valence-corrected chi connectivity index (χ4v) is 3.41. The first kappa shape index (κ1) is 12.4. The average molecular weight is 223 g/mol. The van der Waals surface area contributed by atoms with Crippen LogP contribution in [0.5, 0.6) is 0 Å². The van der Waals surface area contributed by atoms with Crippen molar-refractivity contribution in [1.29, 1.82) is 0 Å². The second kappa shape index (κ2) is 6.05. The summed E-state index contributed by atoms with van der Waals surface area (Å²) in [6.07, 6.45) is 13.1. The van der Waals surface area contributed by atoms with Gasteiger partial charge in [0.2, 0.25) is 0 Å². The van der Waals surface area contributed by atoms with Gasteiger partial charge in [-0.15, -0.1) is 0 Å². The van der Waals surface area contributed by atoms with Gasteiger partial charge in [-0.1, -0.05) is 39.0 Å². The van der Waals surface area contributed by atoms with E-state index in [4.69, 9.17) is 0 Å². The molecule has 94 valence electrons. The summed E-state index contributed by atoms with van der Waals surface area (Å²) in [6.45, 7) is 4.75. The maximum Gasteiger partial charge on any atom is 0.00951 e. The van der Waals surface area contributed by atoms with E-state index < -0.39 is 0 Å². The molecule has 2 fully saturated rings. The molecule has 2 aliphatic carbocycles. The van der Waals surface area contributed by atoms with Crippen molar-refractivity contribution in [2.45, 2.75) is 83.7 Å². The highest BCUT2D eigenvalue weighted by Crippen LogP contribution is 2.34. The van der Waals surface area contributed by atoms with Crippen molar-refractivity contribution in [3.05, 3.63) is 0 Å². The molecule has 1 heteroatoms. The van der Waals surface area contributed by atoms with Crippen LogP contribution in [-0.4, -0.2) is 12.1 Å². The van der Waals surface area contributed by atoms with E-state index in [9.17, 15) is 0 Å². The van der Waals surface area contributed by atoms with Gasteiger partial charge >= 0.3 is 0 Å². The normalized spacial score (nSPS) is 26.6. The molecule has 0 aromatic heterocycles. The number of hydrogen-bond acceptors (Lipinski definition) is 1. The van der Waals surface area contributed by atoms with Crippen LogP contribution >= 0.6 is 0 Å². The fourth-order valence-electron chi connectivity index (χ4n) is 3.41. The fraction of sp³-hybridized carbons (Fsp3) is 1.00. The lowest BCUT2D eigenvalue weighted by Crippen LogP contribution is -2.42. The highest BCUT2D eigenvalue weighted by molar-refractivity contribution is 4.83. The molecule has 2 rings (SSSR count). The Balaban J connectivity index is 1.73. The molecule has 0 heterocycles. The van der Waals surface area contributed by atoms with Gasteiger partial charge in [-0.25, -0.2) is 0 Å². The third kappa shape index (κ3) is 3.76. The molecule has 1 N–H and O–H groups in total. The molecule has 0 saturated heterocycles. The number of rotatable bonds is 6. The Bertz CT molecular complexity index is 192. The van der Waals surface area contributed by atoms with E-state index in [0.717, 1.165) is 23.9 Å². The number of nitrogens with one attached hydrogen (secondary N) is 1. The standard InChI is InChI=1S/C15H29N/c1-3-15(14-7-5-4-6-8-14)16-12(2)11-13-9-10-13/h12-16H,3-11H2,1-2H3. The maximum atomic E-state index is 3.91. The first-order valence-corrected chi connectivity index (χ1v) is 7.55. The Hall–Kier alpha value is -0.0400. The predicted molar refractivity (Wildman–Crippen MR) is 70.6 cm³/mol. The Morgan fingerprint density at radius 2 is 1.75 bits per heavy atom. The minimum absolute atomic E-state index is 0.749. The monoisotopic (exact) mass is 223 g/mol. The van der Waals surface area contributed by atoms with Gasteiger partial charge < -0.3 is 5.32 Å². The van der Waals surface area contributed by atoms with E-state index in [-0.39, 0.29) is 0 Å². The molecule has 2 unspecified atom stereocenters. The van der Waals surface area contributed by atoms with Crippen molar-refractivity contribution >= 4 is 0 Å². The molecule has 2 aliphatic rings. The molecular formula is C15H29N. The van der Waals surface area contributed by atoms with E-state index in [1.807, 2.05) is 0 Å². The summed E-state index contributed by atoms with van der Waals surface area (Å²) >= 11 is 0. The molecule has 2 saturated carbocycles. The van der Waals surface area contributed by atoms with Crippen molar-refractivity contribution in [3.8, 4) is 0 Å². The molecule has 1 nitrogen and oxygen atoms in total. The van der Waals surface area contributed by atoms with Gasteiger partial charge in [-0.2, -0.15) is 0 Å². The minimum atomic E-state index is 0.749. The summed E-state index contributed by atoms with van der Waals surface area (Å²) in [5.41, 5.74) is 0. The van der Waals surface area contributed by atoms with E-state index >= 15 is 0 Å². The lowest BCUT2D eigenvalue weighted by atomic mass is 9.82. The van der Waals surface area contributed by atoms with Gasteiger partial charge in [0.25, 0.3) is 0 Å². The predicted octanol–water partition coefficient (Wildman–Crippen LogP) is 4.12. The van der Waals surface area contributed by atoms with E-state index in [0.29, 0.717) is 0 Å². The van der Waals surface area contributed by atoms with Gasteiger partial charge in [0.05, 0.1) is 0 Å². The van der Waals surface area contributed by atoms with Gasteiger partial charge in [0, 0.05) is 12.1 Å². The van der Waals surface area contributed by atoms with E-state index in [1.165, 1.54) is 57.8 Å². The zero-order chi connectivity index (χ0) is 11.4. The van der Waals surface area contributed by atoms with Crippen molar-refractivity contribution in [2.75, 3.05) is 0 Å². The van der Waals surface area contributed by atoms with Crippen LogP contribution in [0, 0.1) is 11.8 Å². The maximum absolute atomic E-state index is 3.91. The van der Waals surface area contributed by atoms with Crippen LogP contribution in [0.3, 0.4) is 0 Å². The summed E-state index contributed by atoms with van der Waals surface area (Å²) in [5.74, 6) is 2.03.